The van der Waals surface area contributed by atoms with Crippen molar-refractivity contribution in [2.75, 3.05) is 11.9 Å². The van der Waals surface area contributed by atoms with Crippen LogP contribution in [0.25, 0.3) is 0 Å². The van der Waals surface area contributed by atoms with Gasteiger partial charge in [-0.25, -0.2) is 0 Å². The quantitative estimate of drug-likeness (QED) is 0.401. The minimum Gasteiger partial charge on any atom is -0.463 e. The number of anilines is 1. The molecule has 34 heavy (non-hydrogen) atoms. The van der Waals surface area contributed by atoms with Crippen LogP contribution in [0, 0.1) is 0 Å². The average Bonchev–Trinajstić information content (AvgIpc) is 2.71. The van der Waals surface area contributed by atoms with Crippen molar-refractivity contribution in [2.24, 2.45) is 0 Å². The molecule has 12 nitrogen and oxygen atoms in total. The second kappa shape index (κ2) is 12.0. The van der Waals surface area contributed by atoms with Crippen molar-refractivity contribution in [1.29, 1.82) is 0 Å². The molecular weight excluding hydrogens is 452 g/mol. The van der Waals surface area contributed by atoms with E-state index < -0.39 is 54.5 Å². The van der Waals surface area contributed by atoms with Crippen LogP contribution in [0.2, 0.25) is 0 Å². The van der Waals surface area contributed by atoms with Gasteiger partial charge in [0, 0.05) is 34.6 Å². The Morgan fingerprint density at radius 3 is 2.03 bits per heavy atom. The zero-order chi connectivity index (χ0) is 25.4. The number of amides is 2. The Morgan fingerprint density at radius 2 is 1.47 bits per heavy atom. The molecule has 0 saturated carbocycles. The van der Waals surface area contributed by atoms with Crippen LogP contribution in [0.4, 0.5) is 5.69 Å². The monoisotopic (exact) mass is 480 g/mol. The first-order valence-corrected chi connectivity index (χ1v) is 10.4. The molecule has 0 bridgehead atoms. The molecule has 1 heterocycles. The van der Waals surface area contributed by atoms with Crippen LogP contribution >= 0.6 is 0 Å². The highest BCUT2D eigenvalue weighted by Gasteiger charge is 2.52. The molecule has 0 spiro atoms. The molecule has 1 aromatic rings. The Labute approximate surface area is 196 Å². The third-order valence-corrected chi connectivity index (χ3v) is 4.51. The predicted octanol–water partition coefficient (Wildman–Crippen LogP) is 0.680. The number of hydrogen-bond acceptors (Lipinski definition) is 10. The Bertz CT molecular complexity index is 934. The molecule has 1 aliphatic heterocycles. The summed E-state index contributed by atoms with van der Waals surface area (Å²) in [4.78, 5) is 58.7. The fraction of sp³-hybridized carbons (Fsp3) is 0.500. The summed E-state index contributed by atoms with van der Waals surface area (Å²) < 4.78 is 27.7. The van der Waals surface area contributed by atoms with Crippen LogP contribution in [-0.4, -0.2) is 67.0 Å². The Balaban J connectivity index is 2.50. The number of nitrogens with one attached hydrogen (secondary N) is 2. The van der Waals surface area contributed by atoms with Gasteiger partial charge in [-0.2, -0.15) is 0 Å². The summed E-state index contributed by atoms with van der Waals surface area (Å²) in [5.41, 5.74) is 0.322. The number of rotatable bonds is 8. The van der Waals surface area contributed by atoms with E-state index in [-0.39, 0.29) is 18.3 Å². The first kappa shape index (κ1) is 26.6. The molecule has 1 fully saturated rings. The standard InChI is InChI=1S/C22H28N2O10/c1-11(25)23-16-8-6-7-9-17(16)33-22-19(24-12(2)26)21(32-15(5)29)20(31-14(4)28)18(34-22)10-30-13(3)27/h6-9,18-22H,10H2,1-5H3,(H,23,25)(H,24,26)/t18-,19-,20-,21-,22-/m1/s1. The molecular formula is C22H28N2O10. The second-order valence-electron chi connectivity index (χ2n) is 7.52. The SMILES string of the molecule is CC(=O)Nc1ccccc1O[C@@H]1O[C@H](COC(C)=O)[C@@H](OC(C)=O)[C@H](OC(C)=O)[C@H]1NC(C)=O. The van der Waals surface area contributed by atoms with E-state index in [4.69, 9.17) is 23.7 Å². The summed E-state index contributed by atoms with van der Waals surface area (Å²) in [7, 11) is 0. The second-order valence-corrected chi connectivity index (χ2v) is 7.52. The van der Waals surface area contributed by atoms with E-state index in [0.717, 1.165) is 13.8 Å². The van der Waals surface area contributed by atoms with Gasteiger partial charge in [0.25, 0.3) is 0 Å². The zero-order valence-corrected chi connectivity index (χ0v) is 19.5. The summed E-state index contributed by atoms with van der Waals surface area (Å²) in [6.45, 7) is 5.68. The van der Waals surface area contributed by atoms with Gasteiger partial charge >= 0.3 is 17.9 Å². The predicted molar refractivity (Wildman–Crippen MR) is 115 cm³/mol. The summed E-state index contributed by atoms with van der Waals surface area (Å²) in [6, 6.07) is 5.34. The first-order valence-electron chi connectivity index (χ1n) is 10.4. The van der Waals surface area contributed by atoms with Crippen molar-refractivity contribution in [3.05, 3.63) is 24.3 Å². The van der Waals surface area contributed by atoms with E-state index >= 15 is 0 Å². The Hall–Kier alpha value is -3.67. The minimum atomic E-state index is -1.30. The van der Waals surface area contributed by atoms with Gasteiger partial charge in [-0.05, 0) is 12.1 Å². The van der Waals surface area contributed by atoms with Crippen molar-refractivity contribution < 1.29 is 47.7 Å². The molecule has 2 N–H and O–H groups in total. The molecule has 1 aliphatic rings. The van der Waals surface area contributed by atoms with Crippen LogP contribution in [0.15, 0.2) is 24.3 Å². The highest BCUT2D eigenvalue weighted by Crippen LogP contribution is 2.32. The highest BCUT2D eigenvalue weighted by atomic mass is 16.7. The van der Waals surface area contributed by atoms with Gasteiger partial charge in [0.05, 0.1) is 5.69 Å². The molecule has 1 aromatic carbocycles. The van der Waals surface area contributed by atoms with Gasteiger partial charge in [0.1, 0.15) is 24.5 Å². The minimum absolute atomic E-state index is 0.191. The fourth-order valence-electron chi connectivity index (χ4n) is 3.38. The zero-order valence-electron chi connectivity index (χ0n) is 19.5. The van der Waals surface area contributed by atoms with Crippen molar-refractivity contribution in [1.82, 2.24) is 5.32 Å². The molecule has 0 radical (unpaired) electrons. The number of carbonyl (C=O) groups is 5. The molecule has 5 atom stereocenters. The van der Waals surface area contributed by atoms with Crippen LogP contribution < -0.4 is 15.4 Å². The number of benzene rings is 1. The molecule has 2 rings (SSSR count). The van der Waals surface area contributed by atoms with E-state index in [2.05, 4.69) is 10.6 Å². The van der Waals surface area contributed by atoms with Crippen LogP contribution in [-0.2, 0) is 42.9 Å². The summed E-state index contributed by atoms with van der Waals surface area (Å²) >= 11 is 0. The molecule has 1 saturated heterocycles. The van der Waals surface area contributed by atoms with Crippen LogP contribution in [0.5, 0.6) is 5.75 Å². The van der Waals surface area contributed by atoms with E-state index in [9.17, 15) is 24.0 Å². The largest absolute Gasteiger partial charge is 0.463 e. The van der Waals surface area contributed by atoms with Crippen LogP contribution in [0.1, 0.15) is 34.6 Å². The molecule has 0 aromatic heterocycles. The lowest BCUT2D eigenvalue weighted by atomic mass is 9.96. The summed E-state index contributed by atoms with van der Waals surface area (Å²) in [5.74, 6) is -2.71. The third kappa shape index (κ3) is 7.73. The number of hydrogen-bond donors (Lipinski definition) is 2. The summed E-state index contributed by atoms with van der Waals surface area (Å²) in [6.07, 6.45) is -4.89. The highest BCUT2D eigenvalue weighted by molar-refractivity contribution is 5.90. The van der Waals surface area contributed by atoms with Gasteiger partial charge in [0.15, 0.2) is 12.2 Å². The van der Waals surface area contributed by atoms with Gasteiger partial charge < -0.3 is 34.3 Å². The molecule has 0 aliphatic carbocycles. The van der Waals surface area contributed by atoms with Crippen molar-refractivity contribution in [3.63, 3.8) is 0 Å². The normalized spacial score (nSPS) is 23.7. The van der Waals surface area contributed by atoms with Gasteiger partial charge in [-0.1, -0.05) is 12.1 Å². The topological polar surface area (TPSA) is 156 Å². The van der Waals surface area contributed by atoms with E-state index in [1.807, 2.05) is 0 Å². The van der Waals surface area contributed by atoms with Crippen molar-refractivity contribution >= 4 is 35.4 Å². The fourth-order valence-corrected chi connectivity index (χ4v) is 3.38. The lowest BCUT2D eigenvalue weighted by molar-refractivity contribution is -0.257. The maximum absolute atomic E-state index is 12.0. The number of carbonyl (C=O) groups excluding carboxylic acids is 5. The van der Waals surface area contributed by atoms with Gasteiger partial charge in [0.2, 0.25) is 18.1 Å². The van der Waals surface area contributed by atoms with Gasteiger partial charge in [-0.3, -0.25) is 24.0 Å². The first-order chi connectivity index (χ1) is 16.0. The van der Waals surface area contributed by atoms with E-state index in [1.54, 1.807) is 24.3 Å². The molecule has 0 unspecified atom stereocenters. The number of para-hydroxylation sites is 2. The van der Waals surface area contributed by atoms with Gasteiger partial charge in [-0.15, -0.1) is 0 Å². The van der Waals surface area contributed by atoms with E-state index in [0.29, 0.717) is 5.69 Å². The molecule has 12 heteroatoms. The van der Waals surface area contributed by atoms with Crippen molar-refractivity contribution in [3.8, 4) is 5.75 Å². The van der Waals surface area contributed by atoms with Crippen molar-refractivity contribution in [2.45, 2.75) is 65.3 Å². The average molecular weight is 480 g/mol. The lowest BCUT2D eigenvalue weighted by Crippen LogP contribution is -2.67. The number of ether oxygens (including phenoxy) is 5. The third-order valence-electron chi connectivity index (χ3n) is 4.51. The van der Waals surface area contributed by atoms with Crippen LogP contribution in [0.3, 0.4) is 0 Å². The Morgan fingerprint density at radius 1 is 0.853 bits per heavy atom. The molecule has 186 valence electrons. The molecule has 2 amide bonds. The Kier molecular flexibility index (Phi) is 9.36. The maximum Gasteiger partial charge on any atom is 0.303 e. The van der Waals surface area contributed by atoms with E-state index in [1.165, 1.54) is 20.8 Å². The smallest absolute Gasteiger partial charge is 0.303 e. The number of esters is 3. The summed E-state index contributed by atoms with van der Waals surface area (Å²) in [5, 5.41) is 5.22. The maximum atomic E-state index is 12.0. The lowest BCUT2D eigenvalue weighted by Gasteiger charge is -2.44.